The highest BCUT2D eigenvalue weighted by molar-refractivity contribution is 7.98. The molecule has 0 saturated heterocycles. The number of hydrogen-bond donors (Lipinski definition) is 7. The van der Waals surface area contributed by atoms with Gasteiger partial charge in [-0.15, -0.1) is 0 Å². The number of aliphatic carboxylic acids is 2. The summed E-state index contributed by atoms with van der Waals surface area (Å²) in [5, 5.41) is 25.6. The standard InChI is InChI=1S/C19H30N6O7S/c1-10(20)16(28)23-12(3-4-15(26)27)17(29)25-14(7-11-8-21-9-22-11)18(30)24-13(19(31)32)5-6-33-2/h8-10,12-14H,3-7,20H2,1-2H3,(H,21,22)(H,23,28)(H,24,30)(H,25,29)(H,26,27)(H,31,32). The van der Waals surface area contributed by atoms with Crippen LogP contribution in [-0.4, -0.2) is 86.0 Å². The number of carboxylic acids is 2. The smallest absolute Gasteiger partial charge is 0.326 e. The van der Waals surface area contributed by atoms with Gasteiger partial charge in [0.05, 0.1) is 12.4 Å². The molecule has 1 heterocycles. The number of thioether (sulfide) groups is 1. The molecule has 1 aromatic rings. The first-order chi connectivity index (χ1) is 15.5. The van der Waals surface area contributed by atoms with Crippen LogP contribution in [0.25, 0.3) is 0 Å². The van der Waals surface area contributed by atoms with Crippen LogP contribution in [0.2, 0.25) is 0 Å². The van der Waals surface area contributed by atoms with E-state index >= 15 is 0 Å². The van der Waals surface area contributed by atoms with E-state index in [1.165, 1.54) is 31.2 Å². The lowest BCUT2D eigenvalue weighted by Gasteiger charge is -2.24. The minimum Gasteiger partial charge on any atom is -0.481 e. The highest BCUT2D eigenvalue weighted by Crippen LogP contribution is 2.06. The lowest BCUT2D eigenvalue weighted by molar-refractivity contribution is -0.142. The third-order valence-electron chi connectivity index (χ3n) is 4.53. The predicted molar refractivity (Wildman–Crippen MR) is 119 cm³/mol. The molecule has 0 fully saturated rings. The van der Waals surface area contributed by atoms with E-state index in [1.807, 2.05) is 0 Å². The van der Waals surface area contributed by atoms with Gasteiger partial charge in [0.2, 0.25) is 17.7 Å². The quantitative estimate of drug-likeness (QED) is 0.151. The van der Waals surface area contributed by atoms with Crippen molar-refractivity contribution in [2.24, 2.45) is 5.73 Å². The van der Waals surface area contributed by atoms with Crippen LogP contribution in [0.4, 0.5) is 0 Å². The number of aromatic nitrogens is 2. The molecule has 0 aromatic carbocycles. The van der Waals surface area contributed by atoms with Crippen LogP contribution in [0, 0.1) is 0 Å². The van der Waals surface area contributed by atoms with Crippen LogP contribution in [0.3, 0.4) is 0 Å². The number of carbonyl (C=O) groups excluding carboxylic acids is 3. The molecule has 0 aliphatic carbocycles. The molecule has 0 radical (unpaired) electrons. The van der Waals surface area contributed by atoms with Crippen molar-refractivity contribution < 1.29 is 34.2 Å². The average Bonchev–Trinajstić information content (AvgIpc) is 3.25. The normalized spacial score (nSPS) is 14.4. The first-order valence-electron chi connectivity index (χ1n) is 10.1. The third kappa shape index (κ3) is 10.4. The molecular formula is C19H30N6O7S. The van der Waals surface area contributed by atoms with Crippen LogP contribution in [-0.2, 0) is 30.4 Å². The van der Waals surface area contributed by atoms with Crippen LogP contribution in [0.5, 0.6) is 0 Å². The molecule has 4 atom stereocenters. The van der Waals surface area contributed by atoms with E-state index in [0.29, 0.717) is 11.4 Å². The molecule has 3 amide bonds. The first kappa shape index (κ1) is 27.9. The van der Waals surface area contributed by atoms with Crippen molar-refractivity contribution in [3.8, 4) is 0 Å². The van der Waals surface area contributed by atoms with Crippen LogP contribution in [0.15, 0.2) is 12.5 Å². The molecule has 13 nitrogen and oxygen atoms in total. The van der Waals surface area contributed by atoms with E-state index in [9.17, 15) is 29.1 Å². The molecule has 14 heteroatoms. The molecule has 0 aliphatic rings. The van der Waals surface area contributed by atoms with Crippen molar-refractivity contribution in [3.05, 3.63) is 18.2 Å². The maximum atomic E-state index is 12.9. The summed E-state index contributed by atoms with van der Waals surface area (Å²) in [4.78, 5) is 66.8. The van der Waals surface area contributed by atoms with E-state index in [0.717, 1.165) is 0 Å². The molecule has 33 heavy (non-hydrogen) atoms. The highest BCUT2D eigenvalue weighted by atomic mass is 32.2. The second-order valence-corrected chi connectivity index (χ2v) is 8.29. The van der Waals surface area contributed by atoms with Gasteiger partial charge in [-0.3, -0.25) is 19.2 Å². The Labute approximate surface area is 194 Å². The molecule has 0 aliphatic heterocycles. The van der Waals surface area contributed by atoms with Crippen molar-refractivity contribution >= 4 is 41.4 Å². The Morgan fingerprint density at radius 2 is 1.64 bits per heavy atom. The average molecular weight is 487 g/mol. The van der Waals surface area contributed by atoms with Gasteiger partial charge in [0.1, 0.15) is 18.1 Å². The Morgan fingerprint density at radius 3 is 2.15 bits per heavy atom. The van der Waals surface area contributed by atoms with Gasteiger partial charge in [-0.25, -0.2) is 9.78 Å². The third-order valence-corrected chi connectivity index (χ3v) is 5.17. The Balaban J connectivity index is 3.03. The molecule has 8 N–H and O–H groups in total. The SMILES string of the molecule is CSCCC(NC(=O)C(Cc1cnc[nH]1)NC(=O)C(CCC(=O)O)NC(=O)C(C)N)C(=O)O. The van der Waals surface area contributed by atoms with Gasteiger partial charge in [0, 0.05) is 24.7 Å². The number of aromatic amines is 1. The highest BCUT2D eigenvalue weighted by Gasteiger charge is 2.30. The minimum atomic E-state index is -1.26. The van der Waals surface area contributed by atoms with Crippen LogP contribution >= 0.6 is 11.8 Å². The second-order valence-electron chi connectivity index (χ2n) is 7.31. The number of amides is 3. The number of carbonyl (C=O) groups is 5. The molecule has 4 unspecified atom stereocenters. The minimum absolute atomic E-state index is 0.0423. The summed E-state index contributed by atoms with van der Waals surface area (Å²) in [6.07, 6.45) is 4.11. The number of rotatable bonds is 15. The molecule has 1 aromatic heterocycles. The van der Waals surface area contributed by atoms with E-state index < -0.39 is 60.2 Å². The summed E-state index contributed by atoms with van der Waals surface area (Å²) in [5.41, 5.74) is 6.00. The molecule has 0 bridgehead atoms. The molecular weight excluding hydrogens is 456 g/mol. The Kier molecular flexibility index (Phi) is 11.9. The number of nitrogens with two attached hydrogens (primary N) is 1. The summed E-state index contributed by atoms with van der Waals surface area (Å²) >= 11 is 1.42. The van der Waals surface area contributed by atoms with Crippen molar-refractivity contribution in [2.45, 2.75) is 56.8 Å². The Hall–Kier alpha value is -3.13. The number of H-pyrrole nitrogens is 1. The monoisotopic (exact) mass is 486 g/mol. The molecule has 1 rings (SSSR count). The summed E-state index contributed by atoms with van der Waals surface area (Å²) < 4.78 is 0. The van der Waals surface area contributed by atoms with Gasteiger partial charge in [-0.05, 0) is 31.8 Å². The first-order valence-corrected chi connectivity index (χ1v) is 11.5. The summed E-state index contributed by atoms with van der Waals surface area (Å²) in [6.45, 7) is 1.40. The summed E-state index contributed by atoms with van der Waals surface area (Å²) in [7, 11) is 0. The van der Waals surface area contributed by atoms with Crippen LogP contribution < -0.4 is 21.7 Å². The molecule has 0 saturated carbocycles. The zero-order valence-corrected chi connectivity index (χ0v) is 19.2. The number of nitrogens with zero attached hydrogens (tertiary/aromatic N) is 1. The summed E-state index contributed by atoms with van der Waals surface area (Å²) in [5.74, 6) is -4.11. The molecule has 0 spiro atoms. The Morgan fingerprint density at radius 1 is 1.03 bits per heavy atom. The van der Waals surface area contributed by atoms with Crippen molar-refractivity contribution in [2.75, 3.05) is 12.0 Å². The number of nitrogens with one attached hydrogen (secondary N) is 4. The van der Waals surface area contributed by atoms with Crippen molar-refractivity contribution in [3.63, 3.8) is 0 Å². The zero-order chi connectivity index (χ0) is 25.0. The van der Waals surface area contributed by atoms with Gasteiger partial charge in [-0.1, -0.05) is 0 Å². The molecule has 184 valence electrons. The van der Waals surface area contributed by atoms with Crippen molar-refractivity contribution in [1.82, 2.24) is 25.9 Å². The Bertz CT molecular complexity index is 818. The lowest BCUT2D eigenvalue weighted by Crippen LogP contribution is -2.57. The number of hydrogen-bond acceptors (Lipinski definition) is 8. The van der Waals surface area contributed by atoms with Gasteiger partial charge < -0.3 is 36.9 Å². The maximum absolute atomic E-state index is 12.9. The largest absolute Gasteiger partial charge is 0.481 e. The van der Waals surface area contributed by atoms with Crippen LogP contribution in [0.1, 0.15) is 31.9 Å². The van der Waals surface area contributed by atoms with Gasteiger partial charge >= 0.3 is 11.9 Å². The van der Waals surface area contributed by atoms with E-state index in [4.69, 9.17) is 10.8 Å². The fourth-order valence-electron chi connectivity index (χ4n) is 2.70. The van der Waals surface area contributed by atoms with Gasteiger partial charge in [0.25, 0.3) is 0 Å². The topological polar surface area (TPSA) is 217 Å². The van der Waals surface area contributed by atoms with E-state index in [2.05, 4.69) is 25.9 Å². The van der Waals surface area contributed by atoms with Gasteiger partial charge in [0.15, 0.2) is 0 Å². The lowest BCUT2D eigenvalue weighted by atomic mass is 10.1. The predicted octanol–water partition coefficient (Wildman–Crippen LogP) is -1.54. The van der Waals surface area contributed by atoms with Gasteiger partial charge in [-0.2, -0.15) is 11.8 Å². The number of imidazole rings is 1. The fourth-order valence-corrected chi connectivity index (χ4v) is 3.17. The van der Waals surface area contributed by atoms with Crippen molar-refractivity contribution in [1.29, 1.82) is 0 Å². The second kappa shape index (κ2) is 14.1. The zero-order valence-electron chi connectivity index (χ0n) is 18.4. The van der Waals surface area contributed by atoms with E-state index in [-0.39, 0.29) is 19.3 Å². The van der Waals surface area contributed by atoms with E-state index in [1.54, 1.807) is 6.26 Å². The maximum Gasteiger partial charge on any atom is 0.326 e. The fraction of sp³-hybridized carbons (Fsp3) is 0.579. The summed E-state index contributed by atoms with van der Waals surface area (Å²) in [6, 6.07) is -4.58. The number of carboxylic acid groups (broad SMARTS) is 2.